The van der Waals surface area contributed by atoms with E-state index in [4.69, 9.17) is 0 Å². The first kappa shape index (κ1) is 15.3. The van der Waals surface area contributed by atoms with Crippen molar-refractivity contribution in [1.82, 2.24) is 10.2 Å². The van der Waals surface area contributed by atoms with E-state index in [9.17, 15) is 4.79 Å². The molecule has 1 aromatic carbocycles. The minimum atomic E-state index is 0.182. The average Bonchev–Trinajstić information content (AvgIpc) is 2.96. The largest absolute Gasteiger partial charge is 0.384 e. The average molecular weight is 301 g/mol. The molecule has 2 N–H and O–H groups in total. The number of benzene rings is 1. The van der Waals surface area contributed by atoms with Gasteiger partial charge in [0.05, 0.1) is 5.56 Å². The van der Waals surface area contributed by atoms with Crippen LogP contribution < -0.4 is 10.6 Å². The number of carbonyl (C=O) groups is 1. The standard InChI is InChI=1S/C18H27N3O/c1-2-10-20-16-7-4-3-6-15(16)17(22)21-12-9-18(14-21)8-5-11-19-13-18/h3-4,6-7,19-20H,2,5,8-14H2,1H3/t18-/m1/s1. The summed E-state index contributed by atoms with van der Waals surface area (Å²) in [5, 5.41) is 6.88. The van der Waals surface area contributed by atoms with Crippen LogP contribution in [0.15, 0.2) is 24.3 Å². The first-order valence-corrected chi connectivity index (χ1v) is 8.57. The second kappa shape index (κ2) is 6.69. The summed E-state index contributed by atoms with van der Waals surface area (Å²) in [5.74, 6) is 0.182. The van der Waals surface area contributed by atoms with Gasteiger partial charge in [-0.3, -0.25) is 4.79 Å². The quantitative estimate of drug-likeness (QED) is 0.899. The number of nitrogens with one attached hydrogen (secondary N) is 2. The lowest BCUT2D eigenvalue weighted by atomic mass is 9.80. The summed E-state index contributed by atoms with van der Waals surface area (Å²) in [5.41, 5.74) is 2.11. The van der Waals surface area contributed by atoms with Crippen LogP contribution in [0.5, 0.6) is 0 Å². The molecule has 1 atom stereocenters. The molecule has 2 aliphatic rings. The number of amides is 1. The molecule has 0 radical (unpaired) electrons. The van der Waals surface area contributed by atoms with Gasteiger partial charge in [-0.15, -0.1) is 0 Å². The number of likely N-dealkylation sites (tertiary alicyclic amines) is 1. The number of hydrogen-bond donors (Lipinski definition) is 2. The lowest BCUT2D eigenvalue weighted by Gasteiger charge is -2.33. The number of carbonyl (C=O) groups excluding carboxylic acids is 1. The highest BCUT2D eigenvalue weighted by molar-refractivity contribution is 5.99. The van der Waals surface area contributed by atoms with Crippen LogP contribution in [-0.2, 0) is 0 Å². The first-order chi connectivity index (χ1) is 10.7. The zero-order valence-electron chi connectivity index (χ0n) is 13.5. The molecule has 2 aliphatic heterocycles. The molecule has 120 valence electrons. The molecule has 0 bridgehead atoms. The van der Waals surface area contributed by atoms with Gasteiger partial charge in [-0.2, -0.15) is 0 Å². The van der Waals surface area contributed by atoms with Crippen LogP contribution in [0.1, 0.15) is 43.0 Å². The first-order valence-electron chi connectivity index (χ1n) is 8.57. The van der Waals surface area contributed by atoms with Gasteiger partial charge >= 0.3 is 0 Å². The van der Waals surface area contributed by atoms with Gasteiger partial charge in [0.15, 0.2) is 0 Å². The second-order valence-corrected chi connectivity index (χ2v) is 6.73. The Morgan fingerprint density at radius 2 is 2.23 bits per heavy atom. The third kappa shape index (κ3) is 3.12. The van der Waals surface area contributed by atoms with Gasteiger partial charge in [0.1, 0.15) is 0 Å². The van der Waals surface area contributed by atoms with Crippen molar-refractivity contribution in [2.24, 2.45) is 5.41 Å². The van der Waals surface area contributed by atoms with Crippen LogP contribution in [0.4, 0.5) is 5.69 Å². The molecule has 2 fully saturated rings. The summed E-state index contributed by atoms with van der Waals surface area (Å²) in [6.07, 6.45) is 4.67. The Bertz CT molecular complexity index is 523. The highest BCUT2D eigenvalue weighted by Gasteiger charge is 2.40. The number of nitrogens with zero attached hydrogens (tertiary/aromatic N) is 1. The van der Waals surface area contributed by atoms with E-state index < -0.39 is 0 Å². The molecule has 0 unspecified atom stereocenters. The SMILES string of the molecule is CCCNc1ccccc1C(=O)N1CC[C@@]2(CCCNC2)C1. The molecule has 0 aromatic heterocycles. The zero-order chi connectivity index (χ0) is 15.4. The minimum Gasteiger partial charge on any atom is -0.384 e. The number of rotatable bonds is 4. The molecular weight excluding hydrogens is 274 g/mol. The van der Waals surface area contributed by atoms with E-state index in [2.05, 4.69) is 22.5 Å². The fourth-order valence-electron chi connectivity index (χ4n) is 3.74. The molecule has 22 heavy (non-hydrogen) atoms. The van der Waals surface area contributed by atoms with Crippen molar-refractivity contribution in [3.8, 4) is 0 Å². The summed E-state index contributed by atoms with van der Waals surface area (Å²) in [4.78, 5) is 15.0. The molecule has 0 saturated carbocycles. The Labute approximate surface area is 133 Å². The van der Waals surface area contributed by atoms with E-state index in [-0.39, 0.29) is 5.91 Å². The maximum atomic E-state index is 12.9. The maximum Gasteiger partial charge on any atom is 0.255 e. The van der Waals surface area contributed by atoms with Crippen molar-refractivity contribution < 1.29 is 4.79 Å². The third-order valence-electron chi connectivity index (χ3n) is 5.01. The van der Waals surface area contributed by atoms with Gasteiger partial charge in [0, 0.05) is 37.3 Å². The molecule has 1 aromatic rings. The Hall–Kier alpha value is -1.55. The Morgan fingerprint density at radius 1 is 1.36 bits per heavy atom. The van der Waals surface area contributed by atoms with Crippen LogP contribution in [0.25, 0.3) is 0 Å². The molecule has 2 heterocycles. The Balaban J connectivity index is 1.72. The molecule has 4 nitrogen and oxygen atoms in total. The monoisotopic (exact) mass is 301 g/mol. The highest BCUT2D eigenvalue weighted by Crippen LogP contribution is 2.37. The lowest BCUT2D eigenvalue weighted by Crippen LogP contribution is -2.42. The van der Waals surface area contributed by atoms with Gasteiger partial charge in [0.2, 0.25) is 0 Å². The predicted molar refractivity (Wildman–Crippen MR) is 90.3 cm³/mol. The van der Waals surface area contributed by atoms with Crippen LogP contribution >= 0.6 is 0 Å². The van der Waals surface area contributed by atoms with E-state index in [1.54, 1.807) is 0 Å². The fourth-order valence-corrected chi connectivity index (χ4v) is 3.74. The van der Waals surface area contributed by atoms with E-state index >= 15 is 0 Å². The fraction of sp³-hybridized carbons (Fsp3) is 0.611. The van der Waals surface area contributed by atoms with Crippen LogP contribution in [0, 0.1) is 5.41 Å². The zero-order valence-corrected chi connectivity index (χ0v) is 13.5. The summed E-state index contributed by atoms with van der Waals surface area (Å²) in [6.45, 7) is 7.02. The molecular formula is C18H27N3O. The van der Waals surface area contributed by atoms with E-state index in [1.807, 2.05) is 24.3 Å². The molecule has 1 amide bonds. The van der Waals surface area contributed by atoms with Crippen molar-refractivity contribution >= 4 is 11.6 Å². The number of hydrogen-bond acceptors (Lipinski definition) is 3. The highest BCUT2D eigenvalue weighted by atomic mass is 16.2. The minimum absolute atomic E-state index is 0.182. The Kier molecular flexibility index (Phi) is 4.67. The van der Waals surface area contributed by atoms with Crippen LogP contribution in [0.2, 0.25) is 0 Å². The van der Waals surface area contributed by atoms with E-state index in [1.165, 1.54) is 12.8 Å². The second-order valence-electron chi connectivity index (χ2n) is 6.73. The molecule has 2 saturated heterocycles. The summed E-state index contributed by atoms with van der Waals surface area (Å²) in [7, 11) is 0. The van der Waals surface area contributed by atoms with Crippen molar-refractivity contribution in [3.05, 3.63) is 29.8 Å². The number of anilines is 1. The Morgan fingerprint density at radius 3 is 3.00 bits per heavy atom. The topological polar surface area (TPSA) is 44.4 Å². The third-order valence-corrected chi connectivity index (χ3v) is 5.01. The maximum absolute atomic E-state index is 12.9. The summed E-state index contributed by atoms with van der Waals surface area (Å²) < 4.78 is 0. The van der Waals surface area contributed by atoms with Crippen molar-refractivity contribution in [2.45, 2.75) is 32.6 Å². The van der Waals surface area contributed by atoms with Gasteiger partial charge in [-0.25, -0.2) is 0 Å². The summed E-state index contributed by atoms with van der Waals surface area (Å²) in [6, 6.07) is 7.91. The van der Waals surface area contributed by atoms with Gasteiger partial charge in [-0.1, -0.05) is 19.1 Å². The summed E-state index contributed by atoms with van der Waals surface area (Å²) >= 11 is 0. The van der Waals surface area contributed by atoms with E-state index in [0.29, 0.717) is 5.41 Å². The normalized spacial score (nSPS) is 24.7. The predicted octanol–water partition coefficient (Wildman–Crippen LogP) is 2.72. The van der Waals surface area contributed by atoms with E-state index in [0.717, 1.165) is 56.8 Å². The molecule has 3 rings (SSSR count). The van der Waals surface area contributed by atoms with Crippen molar-refractivity contribution in [2.75, 3.05) is 38.0 Å². The lowest BCUT2D eigenvalue weighted by molar-refractivity contribution is 0.0765. The van der Waals surface area contributed by atoms with Crippen LogP contribution in [-0.4, -0.2) is 43.5 Å². The smallest absolute Gasteiger partial charge is 0.255 e. The number of piperidine rings is 1. The molecule has 0 aliphatic carbocycles. The van der Waals surface area contributed by atoms with Gasteiger partial charge in [0.25, 0.3) is 5.91 Å². The molecule has 4 heteroatoms. The van der Waals surface area contributed by atoms with Gasteiger partial charge in [-0.05, 0) is 44.4 Å². The van der Waals surface area contributed by atoms with Crippen LogP contribution in [0.3, 0.4) is 0 Å². The number of para-hydroxylation sites is 1. The van der Waals surface area contributed by atoms with Crippen molar-refractivity contribution in [1.29, 1.82) is 0 Å². The van der Waals surface area contributed by atoms with Gasteiger partial charge < -0.3 is 15.5 Å². The molecule has 1 spiro atoms. The van der Waals surface area contributed by atoms with Crippen molar-refractivity contribution in [3.63, 3.8) is 0 Å².